The van der Waals surface area contributed by atoms with Gasteiger partial charge in [0.2, 0.25) is 0 Å². The maximum Gasteiger partial charge on any atom is 0.419 e. The minimum atomic E-state index is -4.59. The van der Waals surface area contributed by atoms with Gasteiger partial charge in [-0.1, -0.05) is 36.4 Å². The van der Waals surface area contributed by atoms with Crippen LogP contribution in [-0.2, 0) is 16.8 Å². The van der Waals surface area contributed by atoms with Gasteiger partial charge in [0.1, 0.15) is 17.4 Å². The van der Waals surface area contributed by atoms with Crippen molar-refractivity contribution in [3.63, 3.8) is 0 Å². The minimum Gasteiger partial charge on any atom is -0.493 e. The predicted molar refractivity (Wildman–Crippen MR) is 127 cm³/mol. The molecule has 36 heavy (non-hydrogen) atoms. The van der Waals surface area contributed by atoms with Crippen molar-refractivity contribution >= 4 is 16.9 Å². The van der Waals surface area contributed by atoms with Crippen molar-refractivity contribution in [2.75, 3.05) is 18.5 Å². The van der Waals surface area contributed by atoms with Gasteiger partial charge in [-0.3, -0.25) is 0 Å². The van der Waals surface area contributed by atoms with Gasteiger partial charge in [0.05, 0.1) is 36.0 Å². The van der Waals surface area contributed by atoms with Gasteiger partial charge in [-0.15, -0.1) is 0 Å². The summed E-state index contributed by atoms with van der Waals surface area (Å²) in [5, 5.41) is 7.83. The Bertz CT molecular complexity index is 1450. The summed E-state index contributed by atoms with van der Waals surface area (Å²) in [7, 11) is 0. The van der Waals surface area contributed by atoms with E-state index in [4.69, 9.17) is 9.47 Å². The van der Waals surface area contributed by atoms with Gasteiger partial charge in [-0.25, -0.2) is 14.6 Å². The molecule has 1 N–H and O–H groups in total. The van der Waals surface area contributed by atoms with Crippen LogP contribution in [0.3, 0.4) is 0 Å². The molecule has 2 aromatic heterocycles. The third kappa shape index (κ3) is 3.50. The van der Waals surface area contributed by atoms with Crippen molar-refractivity contribution in [2.45, 2.75) is 44.1 Å². The van der Waals surface area contributed by atoms with Crippen LogP contribution in [0, 0.1) is 6.92 Å². The molecule has 4 aromatic rings. The number of hydrogen-bond donors (Lipinski definition) is 1. The normalized spacial score (nSPS) is 23.2. The lowest BCUT2D eigenvalue weighted by molar-refractivity contribution is -0.380. The number of nitrogens with one attached hydrogen (secondary N) is 1. The average molecular weight is 496 g/mol. The van der Waals surface area contributed by atoms with Gasteiger partial charge in [0.15, 0.2) is 11.2 Å². The molecule has 0 spiro atoms. The van der Waals surface area contributed by atoms with Crippen LogP contribution in [0.2, 0.25) is 0 Å². The molecule has 2 atom stereocenters. The molecule has 0 radical (unpaired) electrons. The van der Waals surface area contributed by atoms with Crippen LogP contribution in [0.1, 0.15) is 30.3 Å². The van der Waals surface area contributed by atoms with Gasteiger partial charge in [-0.05, 0) is 31.5 Å². The molecule has 0 saturated carbocycles. The lowest BCUT2D eigenvalue weighted by atomic mass is 9.74. The number of nitrogens with zero attached hydrogens (tertiary/aromatic N) is 4. The first-order valence-corrected chi connectivity index (χ1v) is 11.7. The fraction of sp³-hybridized carbons (Fsp3) is 0.346. The molecular formula is C26H24F3N5O2. The van der Waals surface area contributed by atoms with Gasteiger partial charge >= 0.3 is 6.18 Å². The van der Waals surface area contributed by atoms with Crippen molar-refractivity contribution in [1.82, 2.24) is 19.7 Å². The summed E-state index contributed by atoms with van der Waals surface area (Å²) in [5.41, 5.74) is -0.533. The maximum absolute atomic E-state index is 14.4. The van der Waals surface area contributed by atoms with E-state index in [-0.39, 0.29) is 12.2 Å². The second-order valence-electron chi connectivity index (χ2n) is 9.50. The number of aromatic nitrogens is 4. The number of hydrogen-bond acceptors (Lipinski definition) is 6. The lowest BCUT2D eigenvalue weighted by Crippen LogP contribution is -2.67. The Morgan fingerprint density at radius 2 is 1.86 bits per heavy atom. The van der Waals surface area contributed by atoms with E-state index in [0.29, 0.717) is 34.8 Å². The number of para-hydroxylation sites is 2. The molecule has 6 rings (SSSR count). The molecule has 2 unspecified atom stereocenters. The van der Waals surface area contributed by atoms with Crippen LogP contribution < -0.4 is 10.1 Å². The number of alkyl halides is 3. The number of aryl methyl sites for hydroxylation is 1. The highest BCUT2D eigenvalue weighted by molar-refractivity contribution is 5.87. The minimum absolute atomic E-state index is 0.243. The predicted octanol–water partition coefficient (Wildman–Crippen LogP) is 5.11. The quantitative estimate of drug-likeness (QED) is 0.415. The van der Waals surface area contributed by atoms with Gasteiger partial charge in [0, 0.05) is 18.4 Å². The lowest BCUT2D eigenvalue weighted by Gasteiger charge is -2.55. The van der Waals surface area contributed by atoms with Gasteiger partial charge in [-0.2, -0.15) is 18.3 Å². The zero-order valence-corrected chi connectivity index (χ0v) is 19.8. The molecule has 0 aliphatic carbocycles. The van der Waals surface area contributed by atoms with Crippen LogP contribution in [0.4, 0.5) is 19.0 Å². The van der Waals surface area contributed by atoms with Crippen molar-refractivity contribution in [1.29, 1.82) is 0 Å². The Morgan fingerprint density at radius 1 is 1.08 bits per heavy atom. The van der Waals surface area contributed by atoms with Gasteiger partial charge < -0.3 is 14.8 Å². The van der Waals surface area contributed by atoms with Crippen molar-refractivity contribution < 1.29 is 22.6 Å². The van der Waals surface area contributed by atoms with E-state index >= 15 is 0 Å². The number of halogens is 3. The summed E-state index contributed by atoms with van der Waals surface area (Å²) in [6, 6.07) is 15.0. The van der Waals surface area contributed by atoms with Crippen LogP contribution >= 0.6 is 0 Å². The Morgan fingerprint density at radius 3 is 2.61 bits per heavy atom. The zero-order valence-electron chi connectivity index (χ0n) is 19.8. The molecule has 0 bridgehead atoms. The highest BCUT2D eigenvalue weighted by Gasteiger charge is 2.68. The number of anilines is 1. The summed E-state index contributed by atoms with van der Waals surface area (Å²) < 4.78 is 56.3. The molecule has 2 aromatic carbocycles. The van der Waals surface area contributed by atoms with Crippen LogP contribution in [0.15, 0.2) is 54.7 Å². The number of rotatable bonds is 5. The van der Waals surface area contributed by atoms with E-state index in [1.165, 1.54) is 0 Å². The Kier molecular flexibility index (Phi) is 5.01. The van der Waals surface area contributed by atoms with Crippen molar-refractivity contribution in [2.24, 2.45) is 0 Å². The van der Waals surface area contributed by atoms with Crippen molar-refractivity contribution in [3.05, 3.63) is 71.7 Å². The Balaban J connectivity index is 1.30. The molecule has 7 nitrogen and oxygen atoms in total. The highest BCUT2D eigenvalue weighted by Crippen LogP contribution is 2.57. The van der Waals surface area contributed by atoms with Crippen molar-refractivity contribution in [3.8, 4) is 11.4 Å². The fourth-order valence-corrected chi connectivity index (χ4v) is 5.24. The van der Waals surface area contributed by atoms with Crippen LogP contribution in [0.5, 0.6) is 5.75 Å². The Labute approximate surface area is 205 Å². The molecule has 4 heterocycles. The third-order valence-corrected chi connectivity index (χ3v) is 6.93. The van der Waals surface area contributed by atoms with E-state index in [9.17, 15) is 13.2 Å². The second-order valence-corrected chi connectivity index (χ2v) is 9.50. The highest BCUT2D eigenvalue weighted by atomic mass is 19.4. The smallest absolute Gasteiger partial charge is 0.419 e. The van der Waals surface area contributed by atoms with E-state index < -0.39 is 23.9 Å². The van der Waals surface area contributed by atoms with E-state index in [2.05, 4.69) is 20.4 Å². The van der Waals surface area contributed by atoms with Gasteiger partial charge in [0.25, 0.3) is 0 Å². The molecule has 2 aliphatic rings. The number of benzene rings is 2. The first kappa shape index (κ1) is 22.8. The van der Waals surface area contributed by atoms with E-state index in [0.717, 1.165) is 17.7 Å². The van der Waals surface area contributed by atoms with E-state index in [1.807, 2.05) is 42.5 Å². The molecule has 1 saturated heterocycles. The van der Waals surface area contributed by atoms with Crippen LogP contribution in [0.25, 0.3) is 16.7 Å². The zero-order chi connectivity index (χ0) is 25.1. The molecule has 1 fully saturated rings. The first-order chi connectivity index (χ1) is 17.2. The summed E-state index contributed by atoms with van der Waals surface area (Å²) in [6.45, 7) is 3.41. The third-order valence-electron chi connectivity index (χ3n) is 6.93. The molecule has 10 heteroatoms. The maximum atomic E-state index is 14.4. The summed E-state index contributed by atoms with van der Waals surface area (Å²) in [4.78, 5) is 8.85. The number of fused-ring (bicyclic) bond motifs is 2. The topological polar surface area (TPSA) is 74.1 Å². The summed E-state index contributed by atoms with van der Waals surface area (Å²) in [5.74, 6) is 1.34. The molecular weight excluding hydrogens is 471 g/mol. The second kappa shape index (κ2) is 7.92. The SMILES string of the molecule is Cc1nc(NCC2(C(F)(F)F)CC(C)(c3cccc4c3OCC4)O2)c2cnn(-c3ccccc3)c2n1. The monoisotopic (exact) mass is 495 g/mol. The van der Waals surface area contributed by atoms with Crippen LogP contribution in [-0.4, -0.2) is 44.7 Å². The average Bonchev–Trinajstić information content (AvgIpc) is 3.47. The first-order valence-electron chi connectivity index (χ1n) is 11.7. The molecule has 186 valence electrons. The Hall–Kier alpha value is -3.66. The fourth-order valence-electron chi connectivity index (χ4n) is 5.24. The largest absolute Gasteiger partial charge is 0.493 e. The standard InChI is InChI=1S/C26H24F3N5O2/c1-16-32-22(19-13-31-34(23(19)33-16)18-8-4-3-5-9-18)30-15-25(26(27,28)29)14-24(2,36-25)20-10-6-7-17-11-12-35-21(17)20/h3-10,13H,11-12,14-15H2,1-2H3,(H,30,32,33). The molecule has 2 aliphatic heterocycles. The molecule has 0 amide bonds. The number of ether oxygens (including phenoxy) is 2. The van der Waals surface area contributed by atoms with E-state index in [1.54, 1.807) is 30.8 Å². The summed E-state index contributed by atoms with van der Waals surface area (Å²) in [6.07, 6.45) is -2.54. The summed E-state index contributed by atoms with van der Waals surface area (Å²) >= 11 is 0.